The van der Waals surface area contributed by atoms with E-state index >= 15 is 0 Å². The van der Waals surface area contributed by atoms with Gasteiger partial charge >= 0.3 is 6.03 Å². The molecule has 0 saturated carbocycles. The van der Waals surface area contributed by atoms with E-state index in [0.717, 1.165) is 36.5 Å². The zero-order valence-electron chi connectivity index (χ0n) is 19.1. The zero-order valence-corrected chi connectivity index (χ0v) is 19.1. The third-order valence-electron chi connectivity index (χ3n) is 6.01. The monoisotopic (exact) mass is 438 g/mol. The fourth-order valence-electron chi connectivity index (χ4n) is 4.16. The second kappa shape index (κ2) is 8.76. The van der Waals surface area contributed by atoms with Crippen molar-refractivity contribution < 1.29 is 9.18 Å². The van der Waals surface area contributed by atoms with E-state index in [1.54, 1.807) is 6.20 Å². The van der Waals surface area contributed by atoms with Crippen molar-refractivity contribution in [2.75, 3.05) is 16.8 Å². The van der Waals surface area contributed by atoms with Crippen molar-refractivity contribution in [1.29, 1.82) is 0 Å². The number of carbonyl (C=O) groups is 1. The number of aromatic nitrogens is 3. The van der Waals surface area contributed by atoms with Crippen LogP contribution in [0.15, 0.2) is 30.5 Å². The van der Waals surface area contributed by atoms with Crippen LogP contribution in [-0.4, -0.2) is 33.8 Å². The predicted octanol–water partition coefficient (Wildman–Crippen LogP) is 5.10. The highest BCUT2D eigenvalue weighted by atomic mass is 19.1. The van der Waals surface area contributed by atoms with Crippen LogP contribution in [-0.2, 0) is 12.0 Å². The molecule has 2 aromatic heterocycles. The molecule has 4 rings (SSSR count). The molecule has 1 saturated heterocycles. The molecular weight excluding hydrogens is 407 g/mol. The molecule has 7 nitrogen and oxygen atoms in total. The van der Waals surface area contributed by atoms with Crippen LogP contribution in [0.2, 0.25) is 0 Å². The molecule has 1 aliphatic rings. The maximum absolute atomic E-state index is 13.9. The fourth-order valence-corrected chi connectivity index (χ4v) is 4.16. The van der Waals surface area contributed by atoms with Crippen molar-refractivity contribution in [3.05, 3.63) is 47.5 Å². The zero-order chi connectivity index (χ0) is 22.9. The molecule has 1 aliphatic heterocycles. The molecule has 3 N–H and O–H groups in total. The number of anilines is 2. The SMILES string of the molecule is CC1CCCCN1c1nc(C(C)(C)C)ccc1CNC(=O)Nc1cc(F)cc2[nH]ncc12. The molecule has 1 atom stereocenters. The van der Waals surface area contributed by atoms with Crippen molar-refractivity contribution >= 4 is 28.4 Å². The Labute approximate surface area is 187 Å². The van der Waals surface area contributed by atoms with Gasteiger partial charge < -0.3 is 15.5 Å². The van der Waals surface area contributed by atoms with Crippen LogP contribution in [0, 0.1) is 5.82 Å². The molecule has 2 amide bonds. The minimum Gasteiger partial charge on any atom is -0.354 e. The van der Waals surface area contributed by atoms with E-state index in [0.29, 0.717) is 29.2 Å². The summed E-state index contributed by atoms with van der Waals surface area (Å²) >= 11 is 0. The average Bonchev–Trinajstić information content (AvgIpc) is 3.20. The summed E-state index contributed by atoms with van der Waals surface area (Å²) in [6, 6.07) is 6.73. The molecule has 0 spiro atoms. The number of fused-ring (bicyclic) bond motifs is 1. The third-order valence-corrected chi connectivity index (χ3v) is 6.01. The summed E-state index contributed by atoms with van der Waals surface area (Å²) in [7, 11) is 0. The van der Waals surface area contributed by atoms with Gasteiger partial charge in [-0.3, -0.25) is 5.10 Å². The number of H-pyrrole nitrogens is 1. The molecule has 3 aromatic rings. The van der Waals surface area contributed by atoms with Crippen LogP contribution >= 0.6 is 0 Å². The maximum Gasteiger partial charge on any atom is 0.319 e. The number of piperidine rings is 1. The molecule has 1 fully saturated rings. The minimum absolute atomic E-state index is 0.0650. The first-order valence-corrected chi connectivity index (χ1v) is 11.2. The van der Waals surface area contributed by atoms with Gasteiger partial charge in [0.25, 0.3) is 0 Å². The fraction of sp³-hybridized carbons (Fsp3) is 0.458. The highest BCUT2D eigenvalue weighted by Gasteiger charge is 2.25. The van der Waals surface area contributed by atoms with Gasteiger partial charge in [-0.2, -0.15) is 5.10 Å². The van der Waals surface area contributed by atoms with Gasteiger partial charge in [-0.25, -0.2) is 14.2 Å². The van der Waals surface area contributed by atoms with Gasteiger partial charge in [0.1, 0.15) is 11.6 Å². The molecule has 32 heavy (non-hydrogen) atoms. The Balaban J connectivity index is 1.54. The molecule has 0 radical (unpaired) electrons. The Bertz CT molecular complexity index is 1120. The average molecular weight is 439 g/mol. The number of urea groups is 1. The lowest BCUT2D eigenvalue weighted by Gasteiger charge is -2.36. The molecule has 3 heterocycles. The number of pyridine rings is 1. The number of nitrogens with one attached hydrogen (secondary N) is 3. The van der Waals surface area contributed by atoms with Crippen molar-refractivity contribution in [1.82, 2.24) is 20.5 Å². The standard InChI is InChI=1S/C24H31FN6O/c1-15-7-5-6-10-31(15)22-16(8-9-21(29-22)24(2,3)4)13-26-23(32)28-19-11-17(25)12-20-18(19)14-27-30-20/h8-9,11-12,14-15H,5-7,10,13H2,1-4H3,(H,27,30)(H2,26,28,32). The lowest BCUT2D eigenvalue weighted by Crippen LogP contribution is -2.39. The number of carbonyl (C=O) groups excluding carboxylic acids is 1. The van der Waals surface area contributed by atoms with Gasteiger partial charge in [0.2, 0.25) is 0 Å². The number of rotatable bonds is 4. The van der Waals surface area contributed by atoms with E-state index in [4.69, 9.17) is 4.98 Å². The number of amides is 2. The van der Waals surface area contributed by atoms with Crippen LogP contribution in [0.1, 0.15) is 58.2 Å². The van der Waals surface area contributed by atoms with E-state index < -0.39 is 11.8 Å². The molecule has 1 aromatic carbocycles. The first kappa shape index (κ1) is 22.0. The summed E-state index contributed by atoms with van der Waals surface area (Å²) in [6.07, 6.45) is 5.06. The predicted molar refractivity (Wildman–Crippen MR) is 126 cm³/mol. The van der Waals surface area contributed by atoms with E-state index in [1.807, 2.05) is 6.07 Å². The van der Waals surface area contributed by atoms with Crippen molar-refractivity contribution in [3.8, 4) is 0 Å². The topological polar surface area (TPSA) is 85.9 Å². The maximum atomic E-state index is 13.9. The van der Waals surface area contributed by atoms with E-state index in [9.17, 15) is 9.18 Å². The minimum atomic E-state index is -0.444. The smallest absolute Gasteiger partial charge is 0.319 e. The van der Waals surface area contributed by atoms with Crippen LogP contribution < -0.4 is 15.5 Å². The summed E-state index contributed by atoms with van der Waals surface area (Å²) < 4.78 is 13.9. The Hall–Kier alpha value is -3.16. The Morgan fingerprint density at radius 1 is 1.28 bits per heavy atom. The molecular formula is C24H31FN6O. The molecule has 8 heteroatoms. The second-order valence-electron chi connectivity index (χ2n) is 9.56. The first-order valence-electron chi connectivity index (χ1n) is 11.2. The summed E-state index contributed by atoms with van der Waals surface area (Å²) in [6.45, 7) is 9.97. The number of hydrogen-bond donors (Lipinski definition) is 3. The van der Waals surface area contributed by atoms with Crippen molar-refractivity contribution in [2.24, 2.45) is 0 Å². The number of halogens is 1. The van der Waals surface area contributed by atoms with Gasteiger partial charge in [0.05, 0.1) is 17.4 Å². The Kier molecular flexibility index (Phi) is 6.04. The lowest BCUT2D eigenvalue weighted by atomic mass is 9.91. The molecule has 1 unspecified atom stereocenters. The van der Waals surface area contributed by atoms with E-state index in [1.165, 1.54) is 18.6 Å². The number of aromatic amines is 1. The van der Waals surface area contributed by atoms with Crippen LogP contribution in [0.3, 0.4) is 0 Å². The van der Waals surface area contributed by atoms with Crippen LogP contribution in [0.25, 0.3) is 10.9 Å². The molecule has 0 aliphatic carbocycles. The van der Waals surface area contributed by atoms with Crippen LogP contribution in [0.5, 0.6) is 0 Å². The van der Waals surface area contributed by atoms with Gasteiger partial charge in [0.15, 0.2) is 0 Å². The second-order valence-corrected chi connectivity index (χ2v) is 9.56. The third kappa shape index (κ3) is 4.69. The Morgan fingerprint density at radius 3 is 2.84 bits per heavy atom. The first-order chi connectivity index (χ1) is 15.2. The largest absolute Gasteiger partial charge is 0.354 e. The number of benzene rings is 1. The summed E-state index contributed by atoms with van der Waals surface area (Å²) in [5.74, 6) is 0.494. The number of nitrogens with zero attached hydrogens (tertiary/aromatic N) is 3. The Morgan fingerprint density at radius 2 is 2.09 bits per heavy atom. The van der Waals surface area contributed by atoms with Gasteiger partial charge in [-0.15, -0.1) is 0 Å². The number of hydrogen-bond acceptors (Lipinski definition) is 4. The highest BCUT2D eigenvalue weighted by Crippen LogP contribution is 2.30. The van der Waals surface area contributed by atoms with Crippen molar-refractivity contribution in [3.63, 3.8) is 0 Å². The van der Waals surface area contributed by atoms with Crippen LogP contribution in [0.4, 0.5) is 20.7 Å². The quantitative estimate of drug-likeness (QED) is 0.529. The lowest BCUT2D eigenvalue weighted by molar-refractivity contribution is 0.251. The van der Waals surface area contributed by atoms with Crippen molar-refractivity contribution in [2.45, 2.75) is 65.0 Å². The van der Waals surface area contributed by atoms with Gasteiger partial charge in [0, 0.05) is 41.2 Å². The van der Waals surface area contributed by atoms with E-state index in [2.05, 4.69) is 59.5 Å². The normalized spacial score (nSPS) is 16.9. The summed E-state index contributed by atoms with van der Waals surface area (Å²) in [4.78, 5) is 20.0. The highest BCUT2D eigenvalue weighted by molar-refractivity contribution is 6.00. The van der Waals surface area contributed by atoms with E-state index in [-0.39, 0.29) is 5.41 Å². The van der Waals surface area contributed by atoms with Gasteiger partial charge in [-0.1, -0.05) is 26.8 Å². The molecule has 0 bridgehead atoms. The summed E-state index contributed by atoms with van der Waals surface area (Å²) in [5, 5.41) is 12.9. The molecule has 170 valence electrons. The van der Waals surface area contributed by atoms with Gasteiger partial charge in [-0.05, 0) is 44.4 Å². The summed E-state index contributed by atoms with van der Waals surface area (Å²) in [5.41, 5.74) is 2.83.